The molecule has 3 rings (SSSR count). The molecule has 0 heterocycles. The Morgan fingerprint density at radius 1 is 1.33 bits per heavy atom. The predicted molar refractivity (Wildman–Crippen MR) is 60.7 cm³/mol. The summed E-state index contributed by atoms with van der Waals surface area (Å²) in [6, 6.07) is 0. The molecular formula is C12H24O3. The van der Waals surface area contributed by atoms with Crippen LogP contribution in [0.4, 0.5) is 0 Å². The van der Waals surface area contributed by atoms with Gasteiger partial charge in [0.2, 0.25) is 0 Å². The third kappa shape index (κ3) is 2.94. The molecule has 3 fully saturated rings. The lowest BCUT2D eigenvalue weighted by molar-refractivity contribution is -0.134. The SMILES string of the molecule is CC(=O)O.CC1CCC2CC1C2(C)C.O. The summed E-state index contributed by atoms with van der Waals surface area (Å²) in [4.78, 5) is 9.00. The zero-order chi connectivity index (χ0) is 10.9. The molecule has 3 saturated carbocycles. The second-order valence-corrected chi connectivity index (χ2v) is 5.43. The Hall–Kier alpha value is -0.570. The Morgan fingerprint density at radius 3 is 2.00 bits per heavy atom. The smallest absolute Gasteiger partial charge is 0.300 e. The number of carbonyl (C=O) groups is 1. The van der Waals surface area contributed by atoms with Crippen LogP contribution in [0, 0.1) is 23.2 Å². The molecule has 3 heteroatoms. The minimum Gasteiger partial charge on any atom is -0.481 e. The van der Waals surface area contributed by atoms with E-state index in [0.29, 0.717) is 5.41 Å². The Bertz CT molecular complexity index is 217. The first-order valence-corrected chi connectivity index (χ1v) is 5.55. The molecule has 0 amide bonds. The van der Waals surface area contributed by atoms with Crippen molar-refractivity contribution in [3.8, 4) is 0 Å². The Morgan fingerprint density at radius 2 is 1.80 bits per heavy atom. The number of carboxylic acid groups (broad SMARTS) is 1. The number of hydrogen-bond donors (Lipinski definition) is 1. The van der Waals surface area contributed by atoms with E-state index in [1.807, 2.05) is 0 Å². The molecule has 0 aliphatic heterocycles. The van der Waals surface area contributed by atoms with Gasteiger partial charge in [0.1, 0.15) is 0 Å². The highest BCUT2D eigenvalue weighted by Gasteiger charge is 2.52. The zero-order valence-corrected chi connectivity index (χ0v) is 10.2. The van der Waals surface area contributed by atoms with Crippen molar-refractivity contribution < 1.29 is 15.4 Å². The molecule has 0 spiro atoms. The van der Waals surface area contributed by atoms with Gasteiger partial charge in [-0.25, -0.2) is 0 Å². The van der Waals surface area contributed by atoms with Gasteiger partial charge in [0.05, 0.1) is 0 Å². The Balaban J connectivity index is 0.000000346. The second kappa shape index (κ2) is 4.97. The molecule has 3 atom stereocenters. The summed E-state index contributed by atoms with van der Waals surface area (Å²) < 4.78 is 0. The molecule has 15 heavy (non-hydrogen) atoms. The van der Waals surface area contributed by atoms with Crippen LogP contribution >= 0.6 is 0 Å². The van der Waals surface area contributed by atoms with Gasteiger partial charge in [-0.2, -0.15) is 0 Å². The van der Waals surface area contributed by atoms with Crippen molar-refractivity contribution in [2.75, 3.05) is 0 Å². The molecule has 3 unspecified atom stereocenters. The van der Waals surface area contributed by atoms with Gasteiger partial charge >= 0.3 is 0 Å². The molecule has 2 bridgehead atoms. The molecule has 0 aromatic heterocycles. The Kier molecular flexibility index (Phi) is 4.78. The highest BCUT2D eigenvalue weighted by Crippen LogP contribution is 2.61. The molecular weight excluding hydrogens is 192 g/mol. The van der Waals surface area contributed by atoms with E-state index in [-0.39, 0.29) is 5.48 Å². The van der Waals surface area contributed by atoms with Crippen LogP contribution in [-0.2, 0) is 4.79 Å². The van der Waals surface area contributed by atoms with Crippen LogP contribution in [0.25, 0.3) is 0 Å². The van der Waals surface area contributed by atoms with Crippen molar-refractivity contribution in [1.82, 2.24) is 0 Å². The van der Waals surface area contributed by atoms with Crippen LogP contribution < -0.4 is 0 Å². The standard InChI is InChI=1S/C10H18.C2H4O2.H2O/c1-7-4-5-8-6-9(7)10(8,2)3;1-2(3)4;/h7-9H,4-6H2,1-3H3;1H3,(H,3,4);1H2. The fourth-order valence-corrected chi connectivity index (χ4v) is 3.18. The van der Waals surface area contributed by atoms with Crippen LogP contribution in [-0.4, -0.2) is 16.6 Å². The second-order valence-electron chi connectivity index (χ2n) is 5.43. The number of aliphatic carboxylic acids is 1. The maximum absolute atomic E-state index is 9.00. The normalized spacial score (nSPS) is 35.1. The Labute approximate surface area is 92.2 Å². The fourth-order valence-electron chi connectivity index (χ4n) is 3.18. The first-order valence-electron chi connectivity index (χ1n) is 5.55. The number of rotatable bonds is 0. The topological polar surface area (TPSA) is 68.8 Å². The molecule has 0 saturated heterocycles. The first kappa shape index (κ1) is 14.4. The lowest BCUT2D eigenvalue weighted by Crippen LogP contribution is -2.51. The molecule has 3 nitrogen and oxygen atoms in total. The summed E-state index contributed by atoms with van der Waals surface area (Å²) in [7, 11) is 0. The summed E-state index contributed by atoms with van der Waals surface area (Å²) in [6.45, 7) is 8.44. The van der Waals surface area contributed by atoms with Gasteiger partial charge in [-0.1, -0.05) is 27.2 Å². The van der Waals surface area contributed by atoms with Gasteiger partial charge < -0.3 is 10.6 Å². The van der Waals surface area contributed by atoms with Gasteiger partial charge in [-0.15, -0.1) is 0 Å². The summed E-state index contributed by atoms with van der Waals surface area (Å²) in [5.41, 5.74) is 0.706. The lowest BCUT2D eigenvalue weighted by Gasteiger charge is -2.59. The lowest BCUT2D eigenvalue weighted by atomic mass is 9.46. The first-order chi connectivity index (χ1) is 6.35. The van der Waals surface area contributed by atoms with E-state index in [9.17, 15) is 0 Å². The quantitative estimate of drug-likeness (QED) is 0.675. The average Bonchev–Trinajstić information content (AvgIpc) is 2.02. The van der Waals surface area contributed by atoms with E-state index in [4.69, 9.17) is 9.90 Å². The molecule has 0 aromatic rings. The summed E-state index contributed by atoms with van der Waals surface area (Å²) >= 11 is 0. The van der Waals surface area contributed by atoms with Crippen molar-refractivity contribution in [3.05, 3.63) is 0 Å². The average molecular weight is 216 g/mol. The molecule has 3 N–H and O–H groups in total. The molecule has 3 aliphatic rings. The largest absolute Gasteiger partial charge is 0.481 e. The van der Waals surface area contributed by atoms with Crippen molar-refractivity contribution >= 4 is 5.97 Å². The highest BCUT2D eigenvalue weighted by atomic mass is 16.4. The zero-order valence-electron chi connectivity index (χ0n) is 10.2. The van der Waals surface area contributed by atoms with Crippen molar-refractivity contribution in [3.63, 3.8) is 0 Å². The highest BCUT2D eigenvalue weighted by molar-refractivity contribution is 5.62. The maximum Gasteiger partial charge on any atom is 0.300 e. The monoisotopic (exact) mass is 216 g/mol. The predicted octanol–water partition coefficient (Wildman–Crippen LogP) is 2.34. The van der Waals surface area contributed by atoms with Crippen LogP contribution in [0.3, 0.4) is 0 Å². The van der Waals surface area contributed by atoms with Crippen molar-refractivity contribution in [2.24, 2.45) is 23.2 Å². The molecule has 0 aromatic carbocycles. The minimum atomic E-state index is -0.833. The molecule has 3 aliphatic carbocycles. The minimum absolute atomic E-state index is 0. The van der Waals surface area contributed by atoms with E-state index in [0.717, 1.165) is 24.7 Å². The van der Waals surface area contributed by atoms with Crippen LogP contribution in [0.2, 0.25) is 0 Å². The molecule has 0 radical (unpaired) electrons. The van der Waals surface area contributed by atoms with E-state index in [1.165, 1.54) is 19.3 Å². The third-order valence-corrected chi connectivity index (χ3v) is 4.20. The van der Waals surface area contributed by atoms with E-state index in [1.54, 1.807) is 0 Å². The van der Waals surface area contributed by atoms with Gasteiger partial charge in [0.25, 0.3) is 5.97 Å². The van der Waals surface area contributed by atoms with E-state index in [2.05, 4.69) is 20.8 Å². The van der Waals surface area contributed by atoms with Gasteiger partial charge in [-0.3, -0.25) is 4.79 Å². The van der Waals surface area contributed by atoms with Crippen molar-refractivity contribution in [1.29, 1.82) is 0 Å². The third-order valence-electron chi connectivity index (χ3n) is 4.20. The van der Waals surface area contributed by atoms with Crippen LogP contribution in [0.1, 0.15) is 47.0 Å². The van der Waals surface area contributed by atoms with Crippen LogP contribution in [0.15, 0.2) is 0 Å². The molecule has 90 valence electrons. The van der Waals surface area contributed by atoms with Gasteiger partial charge in [0.15, 0.2) is 0 Å². The maximum atomic E-state index is 9.00. The number of hydrogen-bond acceptors (Lipinski definition) is 1. The van der Waals surface area contributed by atoms with Gasteiger partial charge in [-0.05, 0) is 36.0 Å². The number of fused-ring (bicyclic) bond motifs is 2. The van der Waals surface area contributed by atoms with E-state index < -0.39 is 5.97 Å². The van der Waals surface area contributed by atoms with Crippen LogP contribution in [0.5, 0.6) is 0 Å². The fraction of sp³-hybridized carbons (Fsp3) is 0.917. The summed E-state index contributed by atoms with van der Waals surface area (Å²) in [5.74, 6) is 2.32. The van der Waals surface area contributed by atoms with E-state index >= 15 is 0 Å². The van der Waals surface area contributed by atoms with Crippen molar-refractivity contribution in [2.45, 2.75) is 47.0 Å². The summed E-state index contributed by atoms with van der Waals surface area (Å²) in [5, 5.41) is 7.42. The summed E-state index contributed by atoms with van der Waals surface area (Å²) in [6.07, 6.45) is 4.54. The van der Waals surface area contributed by atoms with Gasteiger partial charge in [0, 0.05) is 6.92 Å². The number of carboxylic acids is 1.